The van der Waals surface area contributed by atoms with E-state index in [0.717, 1.165) is 45.8 Å². The lowest BCUT2D eigenvalue weighted by atomic mass is 9.85. The van der Waals surface area contributed by atoms with Crippen LogP contribution < -0.4 is 5.32 Å². The van der Waals surface area contributed by atoms with Crippen LogP contribution in [-0.2, 0) is 4.79 Å². The zero-order valence-corrected chi connectivity index (χ0v) is 13.8. The van der Waals surface area contributed by atoms with Gasteiger partial charge in [0.15, 0.2) is 0 Å². The number of nitrogens with zero attached hydrogens (tertiary/aromatic N) is 2. The third kappa shape index (κ3) is 5.58. The number of likely N-dealkylation sites (tertiary alicyclic amines) is 1. The van der Waals surface area contributed by atoms with Crippen molar-refractivity contribution in [3.05, 3.63) is 0 Å². The van der Waals surface area contributed by atoms with Gasteiger partial charge in [-0.2, -0.15) is 0 Å². The molecule has 2 aliphatic rings. The zero-order chi connectivity index (χ0) is 13.7. The highest BCUT2D eigenvalue weighted by molar-refractivity contribution is 5.85. The van der Waals surface area contributed by atoms with Crippen LogP contribution in [0.4, 0.5) is 0 Å². The second-order valence-corrected chi connectivity index (χ2v) is 6.74. The maximum Gasteiger partial charge on any atom is 0.223 e. The van der Waals surface area contributed by atoms with E-state index in [0.29, 0.717) is 17.7 Å². The normalized spacial score (nSPS) is 23.8. The molecular formula is C15H30ClN3O. The second kappa shape index (κ2) is 8.20. The summed E-state index contributed by atoms with van der Waals surface area (Å²) in [5.74, 6) is 0.338. The average molecular weight is 304 g/mol. The van der Waals surface area contributed by atoms with E-state index in [4.69, 9.17) is 0 Å². The van der Waals surface area contributed by atoms with E-state index in [-0.39, 0.29) is 12.4 Å². The largest absolute Gasteiger partial charge is 0.340 e. The summed E-state index contributed by atoms with van der Waals surface area (Å²) >= 11 is 0. The molecule has 2 saturated heterocycles. The first-order valence-electron chi connectivity index (χ1n) is 7.78. The van der Waals surface area contributed by atoms with Gasteiger partial charge >= 0.3 is 0 Å². The molecule has 0 unspecified atom stereocenters. The lowest BCUT2D eigenvalue weighted by Crippen LogP contribution is -2.47. The van der Waals surface area contributed by atoms with Gasteiger partial charge in [-0.1, -0.05) is 13.8 Å². The Hall–Kier alpha value is -0.320. The molecule has 0 radical (unpaired) electrons. The average Bonchev–Trinajstić information content (AvgIpc) is 2.58. The highest BCUT2D eigenvalue weighted by Crippen LogP contribution is 2.29. The lowest BCUT2D eigenvalue weighted by Gasteiger charge is -2.29. The van der Waals surface area contributed by atoms with Crippen molar-refractivity contribution >= 4 is 18.3 Å². The van der Waals surface area contributed by atoms with E-state index in [2.05, 4.69) is 24.1 Å². The van der Waals surface area contributed by atoms with Gasteiger partial charge in [-0.25, -0.2) is 0 Å². The fourth-order valence-corrected chi connectivity index (χ4v) is 3.03. The Bertz CT molecular complexity index is 303. The van der Waals surface area contributed by atoms with Crippen molar-refractivity contribution in [1.29, 1.82) is 0 Å². The van der Waals surface area contributed by atoms with Gasteiger partial charge in [-0.05, 0) is 37.8 Å². The SMILES string of the molecule is CC1(C)CCCN(CCC(=O)N2CCNCC2)CC1.Cl. The van der Waals surface area contributed by atoms with Crippen molar-refractivity contribution in [3.63, 3.8) is 0 Å². The summed E-state index contributed by atoms with van der Waals surface area (Å²) < 4.78 is 0. The summed E-state index contributed by atoms with van der Waals surface area (Å²) in [6.45, 7) is 11.6. The van der Waals surface area contributed by atoms with Crippen LogP contribution in [0.3, 0.4) is 0 Å². The Kier molecular flexibility index (Phi) is 7.27. The first kappa shape index (κ1) is 17.7. The summed E-state index contributed by atoms with van der Waals surface area (Å²) in [4.78, 5) is 16.6. The van der Waals surface area contributed by atoms with Crippen LogP contribution in [0, 0.1) is 5.41 Å². The predicted octanol–water partition coefficient (Wildman–Crippen LogP) is 1.74. The molecule has 0 aliphatic carbocycles. The van der Waals surface area contributed by atoms with Crippen molar-refractivity contribution in [1.82, 2.24) is 15.1 Å². The van der Waals surface area contributed by atoms with Crippen LogP contribution in [0.25, 0.3) is 0 Å². The van der Waals surface area contributed by atoms with Gasteiger partial charge in [-0.15, -0.1) is 12.4 Å². The topological polar surface area (TPSA) is 35.6 Å². The maximum atomic E-state index is 12.1. The molecule has 0 aromatic heterocycles. The van der Waals surface area contributed by atoms with Crippen LogP contribution in [0.1, 0.15) is 39.5 Å². The minimum Gasteiger partial charge on any atom is -0.340 e. The van der Waals surface area contributed by atoms with Gasteiger partial charge in [0.2, 0.25) is 5.91 Å². The van der Waals surface area contributed by atoms with Crippen molar-refractivity contribution in [2.24, 2.45) is 5.41 Å². The molecule has 4 nitrogen and oxygen atoms in total. The van der Waals surface area contributed by atoms with Crippen LogP contribution in [0.5, 0.6) is 0 Å². The van der Waals surface area contributed by atoms with Crippen LogP contribution >= 0.6 is 12.4 Å². The number of piperazine rings is 1. The fourth-order valence-electron chi connectivity index (χ4n) is 3.03. The number of carbonyl (C=O) groups excluding carboxylic acids is 1. The molecule has 118 valence electrons. The quantitative estimate of drug-likeness (QED) is 0.863. The summed E-state index contributed by atoms with van der Waals surface area (Å²) in [7, 11) is 0. The number of amides is 1. The van der Waals surface area contributed by atoms with Crippen LogP contribution in [-0.4, -0.2) is 61.5 Å². The molecule has 0 saturated carbocycles. The molecule has 1 N–H and O–H groups in total. The van der Waals surface area contributed by atoms with Crippen LogP contribution in [0.2, 0.25) is 0 Å². The predicted molar refractivity (Wildman–Crippen MR) is 85.4 cm³/mol. The number of nitrogens with one attached hydrogen (secondary N) is 1. The van der Waals surface area contributed by atoms with Gasteiger partial charge in [0.1, 0.15) is 0 Å². The van der Waals surface area contributed by atoms with Crippen molar-refractivity contribution in [2.45, 2.75) is 39.5 Å². The monoisotopic (exact) mass is 303 g/mol. The van der Waals surface area contributed by atoms with Gasteiger partial charge in [-0.3, -0.25) is 4.79 Å². The minimum absolute atomic E-state index is 0. The van der Waals surface area contributed by atoms with Crippen molar-refractivity contribution < 1.29 is 4.79 Å². The Morgan fingerprint density at radius 3 is 2.50 bits per heavy atom. The fraction of sp³-hybridized carbons (Fsp3) is 0.933. The Balaban J connectivity index is 0.00000200. The van der Waals surface area contributed by atoms with Gasteiger partial charge in [0.05, 0.1) is 0 Å². The Morgan fingerprint density at radius 2 is 1.80 bits per heavy atom. The van der Waals surface area contributed by atoms with E-state index < -0.39 is 0 Å². The maximum absolute atomic E-state index is 12.1. The van der Waals surface area contributed by atoms with Gasteiger partial charge < -0.3 is 15.1 Å². The smallest absolute Gasteiger partial charge is 0.223 e. The molecule has 20 heavy (non-hydrogen) atoms. The van der Waals surface area contributed by atoms with E-state index in [1.807, 2.05) is 4.90 Å². The highest BCUT2D eigenvalue weighted by Gasteiger charge is 2.23. The molecule has 2 heterocycles. The standard InChI is InChI=1S/C15H29N3O.ClH/c1-15(2)5-3-9-17(11-6-15)10-4-14(19)18-12-7-16-8-13-18;/h16H,3-13H2,1-2H3;1H. The van der Waals surface area contributed by atoms with Crippen molar-refractivity contribution in [3.8, 4) is 0 Å². The summed E-state index contributed by atoms with van der Waals surface area (Å²) in [6.07, 6.45) is 4.54. The third-order valence-electron chi connectivity index (χ3n) is 4.54. The number of carbonyl (C=O) groups is 1. The zero-order valence-electron chi connectivity index (χ0n) is 13.0. The summed E-state index contributed by atoms with van der Waals surface area (Å²) in [5.41, 5.74) is 0.483. The Morgan fingerprint density at radius 1 is 1.10 bits per heavy atom. The molecule has 0 aromatic rings. The molecular weight excluding hydrogens is 274 g/mol. The Labute approximate surface area is 129 Å². The third-order valence-corrected chi connectivity index (χ3v) is 4.54. The highest BCUT2D eigenvalue weighted by atomic mass is 35.5. The second-order valence-electron chi connectivity index (χ2n) is 6.74. The van der Waals surface area contributed by atoms with E-state index >= 15 is 0 Å². The lowest BCUT2D eigenvalue weighted by molar-refractivity contribution is -0.132. The van der Waals surface area contributed by atoms with Gasteiger partial charge in [0, 0.05) is 39.1 Å². The number of halogens is 1. The molecule has 2 aliphatic heterocycles. The van der Waals surface area contributed by atoms with Crippen LogP contribution in [0.15, 0.2) is 0 Å². The molecule has 0 spiro atoms. The van der Waals surface area contributed by atoms with E-state index in [9.17, 15) is 4.79 Å². The number of hydrogen-bond donors (Lipinski definition) is 1. The minimum atomic E-state index is 0. The molecule has 0 atom stereocenters. The molecule has 1 amide bonds. The first-order valence-corrected chi connectivity index (χ1v) is 7.78. The molecule has 2 rings (SSSR count). The van der Waals surface area contributed by atoms with Gasteiger partial charge in [0.25, 0.3) is 0 Å². The molecule has 0 bridgehead atoms. The molecule has 5 heteroatoms. The molecule has 0 aromatic carbocycles. The van der Waals surface area contributed by atoms with E-state index in [1.54, 1.807) is 0 Å². The van der Waals surface area contributed by atoms with E-state index in [1.165, 1.54) is 19.3 Å². The summed E-state index contributed by atoms with van der Waals surface area (Å²) in [6, 6.07) is 0. The first-order chi connectivity index (χ1) is 9.07. The molecule has 2 fully saturated rings. The van der Waals surface area contributed by atoms with Crippen molar-refractivity contribution in [2.75, 3.05) is 45.8 Å². The number of hydrogen-bond acceptors (Lipinski definition) is 3. The number of rotatable bonds is 3. The summed E-state index contributed by atoms with van der Waals surface area (Å²) in [5, 5.41) is 3.29.